The highest BCUT2D eigenvalue weighted by atomic mass is 15.6. The van der Waals surface area contributed by atoms with Crippen LogP contribution < -0.4 is 0 Å². The molecule has 24 heavy (non-hydrogen) atoms. The lowest BCUT2D eigenvalue weighted by molar-refractivity contribution is 0.136. The van der Waals surface area contributed by atoms with Crippen LogP contribution in [0.3, 0.4) is 0 Å². The third-order valence-corrected chi connectivity index (χ3v) is 5.25. The molecule has 0 amide bonds. The number of pyridine rings is 1. The second-order valence-corrected chi connectivity index (χ2v) is 7.54. The van der Waals surface area contributed by atoms with Crippen LogP contribution in [0.1, 0.15) is 64.4 Å². The monoisotopic (exact) mass is 328 g/mol. The van der Waals surface area contributed by atoms with Crippen LogP contribution in [-0.2, 0) is 5.54 Å². The summed E-state index contributed by atoms with van der Waals surface area (Å²) in [4.78, 5) is 6.70. The number of hydrogen-bond acceptors (Lipinski definition) is 5. The van der Waals surface area contributed by atoms with E-state index in [9.17, 15) is 0 Å². The van der Waals surface area contributed by atoms with Gasteiger partial charge in [-0.25, -0.2) is 4.68 Å². The first-order valence-corrected chi connectivity index (χ1v) is 8.95. The van der Waals surface area contributed by atoms with Crippen LogP contribution in [-0.4, -0.2) is 43.2 Å². The summed E-state index contributed by atoms with van der Waals surface area (Å²) in [5.41, 5.74) is 1.10. The standard InChI is InChI=1S/C18H28N6/c1-5-18(3,4)24-17(20-21-22-24)16(15-8-10-19-11-9-15)23-12-6-7-14(2)13-23/h8-11,14,16H,5-7,12-13H2,1-4H3/t14-,16+/m1/s1. The van der Waals surface area contributed by atoms with Crippen LogP contribution in [0.2, 0.25) is 0 Å². The lowest BCUT2D eigenvalue weighted by atomic mass is 9.95. The van der Waals surface area contributed by atoms with E-state index in [1.165, 1.54) is 18.4 Å². The fourth-order valence-electron chi connectivity index (χ4n) is 3.47. The van der Waals surface area contributed by atoms with Gasteiger partial charge in [0.25, 0.3) is 0 Å². The van der Waals surface area contributed by atoms with Crippen molar-refractivity contribution in [1.29, 1.82) is 0 Å². The molecule has 0 bridgehead atoms. The van der Waals surface area contributed by atoms with E-state index in [2.05, 4.69) is 65.2 Å². The molecular formula is C18H28N6. The molecular weight excluding hydrogens is 300 g/mol. The molecule has 0 aromatic carbocycles. The first-order valence-electron chi connectivity index (χ1n) is 8.95. The van der Waals surface area contributed by atoms with E-state index < -0.39 is 0 Å². The number of likely N-dealkylation sites (tertiary alicyclic amines) is 1. The van der Waals surface area contributed by atoms with Gasteiger partial charge in [-0.15, -0.1) is 5.10 Å². The smallest absolute Gasteiger partial charge is 0.173 e. The van der Waals surface area contributed by atoms with Crippen LogP contribution in [0.4, 0.5) is 0 Å². The zero-order valence-electron chi connectivity index (χ0n) is 15.2. The van der Waals surface area contributed by atoms with Crippen molar-refractivity contribution in [2.24, 2.45) is 5.92 Å². The van der Waals surface area contributed by atoms with E-state index in [0.717, 1.165) is 25.3 Å². The van der Waals surface area contributed by atoms with Crippen molar-refractivity contribution in [3.05, 3.63) is 35.9 Å². The zero-order chi connectivity index (χ0) is 17.2. The van der Waals surface area contributed by atoms with Crippen molar-refractivity contribution >= 4 is 0 Å². The maximum absolute atomic E-state index is 4.45. The molecule has 6 heteroatoms. The number of hydrogen-bond donors (Lipinski definition) is 0. The molecule has 0 spiro atoms. The SMILES string of the molecule is CCC(C)(C)n1nnnc1[C@H](c1ccncc1)N1CCC[C@@H](C)C1. The molecule has 130 valence electrons. The van der Waals surface area contributed by atoms with Crippen LogP contribution in [0.15, 0.2) is 24.5 Å². The van der Waals surface area contributed by atoms with Gasteiger partial charge in [0, 0.05) is 18.9 Å². The first kappa shape index (κ1) is 17.0. The Morgan fingerprint density at radius 1 is 1.29 bits per heavy atom. The Hall–Kier alpha value is -1.82. The van der Waals surface area contributed by atoms with Crippen molar-refractivity contribution in [2.45, 2.75) is 58.5 Å². The quantitative estimate of drug-likeness (QED) is 0.844. The molecule has 1 fully saturated rings. The summed E-state index contributed by atoms with van der Waals surface area (Å²) in [5, 5.41) is 12.8. The Kier molecular flexibility index (Phi) is 4.94. The molecule has 2 aromatic rings. The van der Waals surface area contributed by atoms with Gasteiger partial charge in [-0.2, -0.15) is 0 Å². The summed E-state index contributed by atoms with van der Waals surface area (Å²) in [5.74, 6) is 1.63. The Labute approximate surface area is 144 Å². The third kappa shape index (κ3) is 3.34. The van der Waals surface area contributed by atoms with Gasteiger partial charge in [0.05, 0.1) is 11.6 Å². The second kappa shape index (κ2) is 6.97. The topological polar surface area (TPSA) is 59.7 Å². The van der Waals surface area contributed by atoms with E-state index in [4.69, 9.17) is 0 Å². The molecule has 2 atom stereocenters. The van der Waals surface area contributed by atoms with Gasteiger partial charge < -0.3 is 0 Å². The normalized spacial score (nSPS) is 20.9. The van der Waals surface area contributed by atoms with Crippen LogP contribution in [0.5, 0.6) is 0 Å². The predicted molar refractivity (Wildman–Crippen MR) is 93.5 cm³/mol. The van der Waals surface area contributed by atoms with Crippen molar-refractivity contribution in [3.63, 3.8) is 0 Å². The summed E-state index contributed by atoms with van der Waals surface area (Å²) >= 11 is 0. The lowest BCUT2D eigenvalue weighted by Crippen LogP contribution is -2.40. The maximum Gasteiger partial charge on any atom is 0.173 e. The van der Waals surface area contributed by atoms with Gasteiger partial charge in [0.1, 0.15) is 0 Å². The molecule has 3 heterocycles. The van der Waals surface area contributed by atoms with E-state index >= 15 is 0 Å². The number of rotatable bonds is 5. The first-order chi connectivity index (χ1) is 11.5. The van der Waals surface area contributed by atoms with E-state index in [-0.39, 0.29) is 11.6 Å². The fraction of sp³-hybridized carbons (Fsp3) is 0.667. The van der Waals surface area contributed by atoms with Crippen LogP contribution >= 0.6 is 0 Å². The average molecular weight is 328 g/mol. The van der Waals surface area contributed by atoms with Crippen molar-refractivity contribution in [2.75, 3.05) is 13.1 Å². The number of tetrazole rings is 1. The molecule has 0 unspecified atom stereocenters. The van der Waals surface area contributed by atoms with Crippen LogP contribution in [0, 0.1) is 5.92 Å². The Balaban J connectivity index is 2.05. The minimum absolute atomic E-state index is 0.0802. The molecule has 0 saturated carbocycles. The van der Waals surface area contributed by atoms with Crippen molar-refractivity contribution < 1.29 is 0 Å². The van der Waals surface area contributed by atoms with Gasteiger partial charge in [0.2, 0.25) is 0 Å². The molecule has 1 aliphatic rings. The van der Waals surface area contributed by atoms with E-state index in [1.54, 1.807) is 0 Å². The molecule has 6 nitrogen and oxygen atoms in total. The highest BCUT2D eigenvalue weighted by molar-refractivity contribution is 5.23. The van der Waals surface area contributed by atoms with Crippen LogP contribution in [0.25, 0.3) is 0 Å². The minimum atomic E-state index is -0.106. The highest BCUT2D eigenvalue weighted by Gasteiger charge is 2.34. The zero-order valence-corrected chi connectivity index (χ0v) is 15.2. The Morgan fingerprint density at radius 3 is 2.71 bits per heavy atom. The molecule has 2 aromatic heterocycles. The number of nitrogens with zero attached hydrogens (tertiary/aromatic N) is 6. The van der Waals surface area contributed by atoms with Crippen molar-refractivity contribution in [3.8, 4) is 0 Å². The summed E-state index contributed by atoms with van der Waals surface area (Å²) in [6.45, 7) is 11.0. The summed E-state index contributed by atoms with van der Waals surface area (Å²) in [6, 6.07) is 4.25. The molecule has 3 rings (SSSR count). The lowest BCUT2D eigenvalue weighted by Gasteiger charge is -2.38. The van der Waals surface area contributed by atoms with Gasteiger partial charge in [0.15, 0.2) is 5.82 Å². The summed E-state index contributed by atoms with van der Waals surface area (Å²) in [7, 11) is 0. The number of piperidine rings is 1. The largest absolute Gasteiger partial charge is 0.289 e. The molecule has 0 N–H and O–H groups in total. The molecule has 0 radical (unpaired) electrons. The van der Waals surface area contributed by atoms with Gasteiger partial charge in [-0.05, 0) is 73.7 Å². The maximum atomic E-state index is 4.45. The summed E-state index contributed by atoms with van der Waals surface area (Å²) < 4.78 is 2.01. The van der Waals surface area contributed by atoms with Gasteiger partial charge in [-0.1, -0.05) is 13.8 Å². The van der Waals surface area contributed by atoms with E-state index in [0.29, 0.717) is 5.92 Å². The van der Waals surface area contributed by atoms with Crippen molar-refractivity contribution in [1.82, 2.24) is 30.1 Å². The Morgan fingerprint density at radius 2 is 2.04 bits per heavy atom. The highest BCUT2D eigenvalue weighted by Crippen LogP contribution is 2.33. The Bertz CT molecular complexity index is 651. The third-order valence-electron chi connectivity index (χ3n) is 5.25. The minimum Gasteiger partial charge on any atom is -0.289 e. The molecule has 1 aliphatic heterocycles. The molecule has 1 saturated heterocycles. The second-order valence-electron chi connectivity index (χ2n) is 7.54. The molecule has 0 aliphatic carbocycles. The average Bonchev–Trinajstić information content (AvgIpc) is 3.06. The predicted octanol–water partition coefficient (Wildman–Crippen LogP) is 3.03. The fourth-order valence-corrected chi connectivity index (χ4v) is 3.47. The van der Waals surface area contributed by atoms with Gasteiger partial charge in [-0.3, -0.25) is 9.88 Å². The summed E-state index contributed by atoms with van der Waals surface area (Å²) in [6.07, 6.45) is 7.21. The van der Waals surface area contributed by atoms with E-state index in [1.807, 2.05) is 17.1 Å². The van der Waals surface area contributed by atoms with Gasteiger partial charge >= 0.3 is 0 Å². The number of aromatic nitrogens is 5.